The van der Waals surface area contributed by atoms with E-state index < -0.39 is 5.60 Å². The smallest absolute Gasteiger partial charge is 0.306 e. The molecule has 0 aliphatic heterocycles. The van der Waals surface area contributed by atoms with Gasteiger partial charge in [0.05, 0.1) is 0 Å². The van der Waals surface area contributed by atoms with Crippen molar-refractivity contribution in [3.05, 3.63) is 34.9 Å². The summed E-state index contributed by atoms with van der Waals surface area (Å²) >= 11 is 0. The van der Waals surface area contributed by atoms with Crippen molar-refractivity contribution in [2.75, 3.05) is 0 Å². The zero-order valence-corrected chi connectivity index (χ0v) is 12.0. The van der Waals surface area contributed by atoms with E-state index in [2.05, 4.69) is 0 Å². The Labute approximate surface area is 114 Å². The zero-order chi connectivity index (χ0) is 14.6. The van der Waals surface area contributed by atoms with E-state index in [-0.39, 0.29) is 11.8 Å². The summed E-state index contributed by atoms with van der Waals surface area (Å²) in [6, 6.07) is 5.59. The molecule has 0 atom stereocenters. The first kappa shape index (κ1) is 15.2. The third-order valence-electron chi connectivity index (χ3n) is 2.67. The molecular weight excluding hydrogens is 240 g/mol. The predicted molar refractivity (Wildman–Crippen MR) is 76.4 cm³/mol. The number of nitrogen functional groups attached to an aromatic ring is 1. The van der Waals surface area contributed by atoms with Crippen LogP contribution in [0.15, 0.2) is 18.2 Å². The topological polar surface area (TPSA) is 76.2 Å². The molecular formula is C15H22N2O2. The number of carbonyl (C=O) groups excluding carboxylic acids is 1. The van der Waals surface area contributed by atoms with Crippen molar-refractivity contribution >= 4 is 11.8 Å². The predicted octanol–water partition coefficient (Wildman–Crippen LogP) is 2.55. The van der Waals surface area contributed by atoms with Crippen molar-refractivity contribution in [1.82, 2.24) is 0 Å². The fraction of sp³-hybridized carbons (Fsp3) is 0.467. The van der Waals surface area contributed by atoms with Gasteiger partial charge < -0.3 is 10.5 Å². The summed E-state index contributed by atoms with van der Waals surface area (Å²) in [5.74, 6) is -0.135. The number of carbonyl (C=O) groups is 1. The van der Waals surface area contributed by atoms with Gasteiger partial charge in [0.2, 0.25) is 0 Å². The Bertz CT molecular complexity index is 487. The highest BCUT2D eigenvalue weighted by molar-refractivity contribution is 5.95. The highest BCUT2D eigenvalue weighted by Gasteiger charge is 2.16. The van der Waals surface area contributed by atoms with Crippen molar-refractivity contribution in [3.63, 3.8) is 0 Å². The van der Waals surface area contributed by atoms with Gasteiger partial charge in [-0.05, 0) is 51.3 Å². The highest BCUT2D eigenvalue weighted by Crippen LogP contribution is 2.15. The third kappa shape index (κ3) is 5.12. The average Bonchev–Trinajstić information content (AvgIpc) is 2.24. The number of amidine groups is 1. The van der Waals surface area contributed by atoms with Crippen LogP contribution in [-0.2, 0) is 16.0 Å². The van der Waals surface area contributed by atoms with Crippen LogP contribution in [0.2, 0.25) is 0 Å². The molecule has 0 amide bonds. The summed E-state index contributed by atoms with van der Waals surface area (Å²) < 4.78 is 5.27. The van der Waals surface area contributed by atoms with Gasteiger partial charge in [0, 0.05) is 12.0 Å². The van der Waals surface area contributed by atoms with E-state index in [0.29, 0.717) is 18.4 Å². The fourth-order valence-corrected chi connectivity index (χ4v) is 1.77. The lowest BCUT2D eigenvalue weighted by molar-refractivity contribution is -0.154. The molecule has 4 heteroatoms. The van der Waals surface area contributed by atoms with Crippen LogP contribution in [0.4, 0.5) is 0 Å². The maximum atomic E-state index is 11.6. The van der Waals surface area contributed by atoms with E-state index in [1.165, 1.54) is 0 Å². The van der Waals surface area contributed by atoms with Gasteiger partial charge in [-0.25, -0.2) is 0 Å². The van der Waals surface area contributed by atoms with Crippen LogP contribution < -0.4 is 5.73 Å². The molecule has 0 saturated carbocycles. The second-order valence-electron chi connectivity index (χ2n) is 5.64. The molecule has 104 valence electrons. The van der Waals surface area contributed by atoms with Crippen LogP contribution in [-0.4, -0.2) is 17.4 Å². The van der Waals surface area contributed by atoms with E-state index in [1.807, 2.05) is 39.8 Å². The van der Waals surface area contributed by atoms with Crippen molar-refractivity contribution in [2.24, 2.45) is 5.73 Å². The molecule has 4 nitrogen and oxygen atoms in total. The van der Waals surface area contributed by atoms with Gasteiger partial charge >= 0.3 is 5.97 Å². The molecule has 0 unspecified atom stereocenters. The van der Waals surface area contributed by atoms with Gasteiger partial charge in [0.25, 0.3) is 0 Å². The molecule has 0 spiro atoms. The van der Waals surface area contributed by atoms with Gasteiger partial charge in [0.1, 0.15) is 11.4 Å². The first-order chi connectivity index (χ1) is 8.69. The maximum absolute atomic E-state index is 11.6. The largest absolute Gasteiger partial charge is 0.460 e. The van der Waals surface area contributed by atoms with Crippen LogP contribution in [0.3, 0.4) is 0 Å². The van der Waals surface area contributed by atoms with Gasteiger partial charge in [-0.2, -0.15) is 0 Å². The monoisotopic (exact) mass is 262 g/mol. The SMILES string of the molecule is Cc1cc(C(=N)N)ccc1CCC(=O)OC(C)(C)C. The minimum atomic E-state index is -0.440. The Morgan fingerprint density at radius 2 is 2.00 bits per heavy atom. The molecule has 0 bridgehead atoms. The van der Waals surface area contributed by atoms with Gasteiger partial charge in [0.15, 0.2) is 0 Å². The third-order valence-corrected chi connectivity index (χ3v) is 2.67. The van der Waals surface area contributed by atoms with Crippen LogP contribution in [0, 0.1) is 12.3 Å². The summed E-state index contributed by atoms with van der Waals surface area (Å²) in [7, 11) is 0. The van der Waals surface area contributed by atoms with Crippen molar-refractivity contribution in [1.29, 1.82) is 5.41 Å². The summed E-state index contributed by atoms with van der Waals surface area (Å²) in [5, 5.41) is 7.37. The van der Waals surface area contributed by atoms with Gasteiger partial charge in [-0.3, -0.25) is 10.2 Å². The quantitative estimate of drug-likeness (QED) is 0.497. The molecule has 0 fully saturated rings. The first-order valence-electron chi connectivity index (χ1n) is 6.35. The molecule has 0 heterocycles. The number of esters is 1. The average molecular weight is 262 g/mol. The van der Waals surface area contributed by atoms with Crippen molar-refractivity contribution in [2.45, 2.75) is 46.1 Å². The molecule has 0 radical (unpaired) electrons. The number of hydrogen-bond acceptors (Lipinski definition) is 3. The first-order valence-corrected chi connectivity index (χ1v) is 6.35. The number of rotatable bonds is 4. The van der Waals surface area contributed by atoms with Crippen LogP contribution in [0.25, 0.3) is 0 Å². The van der Waals surface area contributed by atoms with Gasteiger partial charge in [-0.1, -0.05) is 12.1 Å². The Balaban J connectivity index is 2.64. The summed E-state index contributed by atoms with van der Waals surface area (Å²) in [5.41, 5.74) is 7.82. The number of aryl methyl sites for hydroxylation is 2. The zero-order valence-electron chi connectivity index (χ0n) is 12.0. The molecule has 0 saturated heterocycles. The van der Waals surface area contributed by atoms with E-state index in [0.717, 1.165) is 11.1 Å². The summed E-state index contributed by atoms with van der Waals surface area (Å²) in [4.78, 5) is 11.6. The minimum Gasteiger partial charge on any atom is -0.460 e. The van der Waals surface area contributed by atoms with Crippen LogP contribution in [0.5, 0.6) is 0 Å². The molecule has 0 aliphatic rings. The molecule has 1 rings (SSSR count). The second-order valence-corrected chi connectivity index (χ2v) is 5.64. The Kier molecular flexibility index (Phi) is 4.70. The van der Waals surface area contributed by atoms with Gasteiger partial charge in [-0.15, -0.1) is 0 Å². The number of hydrogen-bond donors (Lipinski definition) is 2. The maximum Gasteiger partial charge on any atom is 0.306 e. The van der Waals surface area contributed by atoms with E-state index in [9.17, 15) is 4.79 Å². The number of nitrogens with one attached hydrogen (secondary N) is 1. The molecule has 3 N–H and O–H groups in total. The lowest BCUT2D eigenvalue weighted by Gasteiger charge is -2.19. The van der Waals surface area contributed by atoms with Crippen LogP contribution in [0.1, 0.15) is 43.9 Å². The summed E-state index contributed by atoms with van der Waals surface area (Å²) in [6.07, 6.45) is 0.996. The highest BCUT2D eigenvalue weighted by atomic mass is 16.6. The molecule has 19 heavy (non-hydrogen) atoms. The van der Waals surface area contributed by atoms with Crippen molar-refractivity contribution in [3.8, 4) is 0 Å². The summed E-state index contributed by atoms with van der Waals surface area (Å²) in [6.45, 7) is 7.53. The van der Waals surface area contributed by atoms with E-state index >= 15 is 0 Å². The van der Waals surface area contributed by atoms with Crippen molar-refractivity contribution < 1.29 is 9.53 Å². The van der Waals surface area contributed by atoms with E-state index in [1.54, 1.807) is 6.07 Å². The lowest BCUT2D eigenvalue weighted by atomic mass is 10.0. The molecule has 1 aromatic rings. The lowest BCUT2D eigenvalue weighted by Crippen LogP contribution is -2.24. The molecule has 1 aromatic carbocycles. The molecule has 0 aliphatic carbocycles. The number of nitrogens with two attached hydrogens (primary N) is 1. The molecule has 0 aromatic heterocycles. The fourth-order valence-electron chi connectivity index (χ4n) is 1.77. The Morgan fingerprint density at radius 1 is 1.37 bits per heavy atom. The minimum absolute atomic E-state index is 0.0572. The number of benzene rings is 1. The standard InChI is InChI=1S/C15H22N2O2/c1-10-9-12(14(16)17)6-5-11(10)7-8-13(18)19-15(2,3)4/h5-6,9H,7-8H2,1-4H3,(H3,16,17). The number of ether oxygens (including phenoxy) is 1. The Morgan fingerprint density at radius 3 is 2.47 bits per heavy atom. The van der Waals surface area contributed by atoms with E-state index in [4.69, 9.17) is 15.9 Å². The Hall–Kier alpha value is -1.84. The van der Waals surface area contributed by atoms with Crippen LogP contribution >= 0.6 is 0 Å². The second kappa shape index (κ2) is 5.87. The normalized spacial score (nSPS) is 11.2.